The molecular weight excluding hydrogens is 258 g/mol. The fourth-order valence-corrected chi connectivity index (χ4v) is 3.09. The molecule has 0 amide bonds. The largest absolute Gasteiger partial charge is 0.324 e. The highest BCUT2D eigenvalue weighted by atomic mass is 35.5. The Bertz CT molecular complexity index is 653. The Labute approximate surface area is 117 Å². The summed E-state index contributed by atoms with van der Waals surface area (Å²) in [6.07, 6.45) is 3.68. The van der Waals surface area contributed by atoms with Crippen molar-refractivity contribution in [1.29, 1.82) is 5.26 Å². The smallest absolute Gasteiger partial charge is 0.125 e. The van der Waals surface area contributed by atoms with Gasteiger partial charge in [0.2, 0.25) is 0 Å². The minimum absolute atomic E-state index is 0.423. The molecule has 2 aromatic rings. The quantitative estimate of drug-likeness (QED) is 0.790. The third kappa shape index (κ3) is 2.11. The van der Waals surface area contributed by atoms with E-state index in [1.807, 2.05) is 18.2 Å². The first-order chi connectivity index (χ1) is 9.28. The average Bonchev–Trinajstić information content (AvgIpc) is 3.09. The van der Waals surface area contributed by atoms with Crippen molar-refractivity contribution >= 4 is 22.6 Å². The van der Waals surface area contributed by atoms with Crippen LogP contribution in [0.1, 0.15) is 43.6 Å². The van der Waals surface area contributed by atoms with Crippen LogP contribution in [-0.2, 0) is 5.88 Å². The Morgan fingerprint density at radius 2 is 2.37 bits per heavy atom. The number of alkyl halides is 1. The van der Waals surface area contributed by atoms with E-state index < -0.39 is 0 Å². The van der Waals surface area contributed by atoms with Gasteiger partial charge in [-0.05, 0) is 37.0 Å². The van der Waals surface area contributed by atoms with Crippen LogP contribution in [-0.4, -0.2) is 9.55 Å². The fraction of sp³-hybridized carbons (Fsp3) is 0.467. The number of nitriles is 1. The molecule has 1 aromatic carbocycles. The van der Waals surface area contributed by atoms with Gasteiger partial charge in [0, 0.05) is 6.04 Å². The topological polar surface area (TPSA) is 41.6 Å². The third-order valence-corrected chi connectivity index (χ3v) is 4.13. The van der Waals surface area contributed by atoms with E-state index in [1.165, 1.54) is 19.3 Å². The molecule has 1 aliphatic rings. The van der Waals surface area contributed by atoms with E-state index in [4.69, 9.17) is 16.9 Å². The number of hydrogen-bond donors (Lipinski definition) is 0. The van der Waals surface area contributed by atoms with Gasteiger partial charge in [0.15, 0.2) is 0 Å². The number of benzene rings is 1. The summed E-state index contributed by atoms with van der Waals surface area (Å²) in [5.41, 5.74) is 2.68. The van der Waals surface area contributed by atoms with Crippen LogP contribution < -0.4 is 0 Å². The van der Waals surface area contributed by atoms with Gasteiger partial charge in [-0.25, -0.2) is 4.98 Å². The summed E-state index contributed by atoms with van der Waals surface area (Å²) >= 11 is 6.03. The molecular formula is C15H16ClN3. The Hall–Kier alpha value is -1.53. The number of imidazole rings is 1. The molecule has 1 fully saturated rings. The Morgan fingerprint density at radius 1 is 1.53 bits per heavy atom. The van der Waals surface area contributed by atoms with Gasteiger partial charge < -0.3 is 4.57 Å². The van der Waals surface area contributed by atoms with Crippen molar-refractivity contribution in [2.24, 2.45) is 5.92 Å². The van der Waals surface area contributed by atoms with Crippen molar-refractivity contribution in [2.45, 2.75) is 38.1 Å². The molecule has 0 N–H and O–H groups in total. The predicted octanol–water partition coefficient (Wildman–Crippen LogP) is 4.01. The van der Waals surface area contributed by atoms with Crippen molar-refractivity contribution in [2.75, 3.05) is 0 Å². The highest BCUT2D eigenvalue weighted by molar-refractivity contribution is 6.16. The predicted molar refractivity (Wildman–Crippen MR) is 76.1 cm³/mol. The first-order valence-electron chi connectivity index (χ1n) is 6.75. The lowest BCUT2D eigenvalue weighted by molar-refractivity contribution is 0.606. The van der Waals surface area contributed by atoms with Crippen molar-refractivity contribution in [1.82, 2.24) is 9.55 Å². The van der Waals surface area contributed by atoms with Crippen molar-refractivity contribution in [3.05, 3.63) is 29.6 Å². The number of rotatable bonds is 4. The first-order valence-corrected chi connectivity index (χ1v) is 7.28. The summed E-state index contributed by atoms with van der Waals surface area (Å²) < 4.78 is 2.25. The molecule has 0 radical (unpaired) electrons. The van der Waals surface area contributed by atoms with Gasteiger partial charge in [0.1, 0.15) is 5.82 Å². The Balaban J connectivity index is 2.08. The normalized spacial score (nSPS) is 21.5. The number of nitrogens with zero attached hydrogens (tertiary/aromatic N) is 3. The van der Waals surface area contributed by atoms with E-state index in [0.717, 1.165) is 22.8 Å². The summed E-state index contributed by atoms with van der Waals surface area (Å²) in [4.78, 5) is 4.58. The van der Waals surface area contributed by atoms with Crippen molar-refractivity contribution < 1.29 is 0 Å². The summed E-state index contributed by atoms with van der Waals surface area (Å²) in [6, 6.07) is 8.37. The summed E-state index contributed by atoms with van der Waals surface area (Å²) in [7, 11) is 0. The second-order valence-corrected chi connectivity index (χ2v) is 5.47. The molecule has 0 bridgehead atoms. The van der Waals surface area contributed by atoms with Gasteiger partial charge in [-0.1, -0.05) is 13.3 Å². The molecule has 0 saturated heterocycles. The number of halogens is 1. The SMILES string of the molecule is CCCC1CC1n1c(CCl)nc2ccc(C#N)cc21. The highest BCUT2D eigenvalue weighted by Gasteiger charge is 2.39. The van der Waals surface area contributed by atoms with E-state index in [1.54, 1.807) is 0 Å². The van der Waals surface area contributed by atoms with Gasteiger partial charge in [0.25, 0.3) is 0 Å². The fourth-order valence-electron chi connectivity index (χ4n) is 2.91. The average molecular weight is 274 g/mol. The highest BCUT2D eigenvalue weighted by Crippen LogP contribution is 2.48. The summed E-state index contributed by atoms with van der Waals surface area (Å²) in [5, 5.41) is 9.04. The molecule has 1 aromatic heterocycles. The molecule has 1 saturated carbocycles. The van der Waals surface area contributed by atoms with Gasteiger partial charge in [-0.15, -0.1) is 11.6 Å². The number of hydrogen-bond acceptors (Lipinski definition) is 2. The maximum Gasteiger partial charge on any atom is 0.125 e. The molecule has 1 heterocycles. The zero-order chi connectivity index (χ0) is 13.4. The molecule has 3 nitrogen and oxygen atoms in total. The van der Waals surface area contributed by atoms with Gasteiger partial charge in [-0.3, -0.25) is 0 Å². The van der Waals surface area contributed by atoms with Crippen molar-refractivity contribution in [3.8, 4) is 6.07 Å². The lowest BCUT2D eigenvalue weighted by atomic mass is 10.2. The minimum Gasteiger partial charge on any atom is -0.324 e. The van der Waals surface area contributed by atoms with E-state index >= 15 is 0 Å². The third-order valence-electron chi connectivity index (χ3n) is 3.89. The van der Waals surface area contributed by atoms with Crippen molar-refractivity contribution in [3.63, 3.8) is 0 Å². The Morgan fingerprint density at radius 3 is 3.05 bits per heavy atom. The maximum atomic E-state index is 9.04. The molecule has 0 aliphatic heterocycles. The molecule has 3 rings (SSSR count). The number of fused-ring (bicyclic) bond motifs is 1. The molecule has 98 valence electrons. The molecule has 1 aliphatic carbocycles. The number of aromatic nitrogens is 2. The molecule has 2 atom stereocenters. The van der Waals surface area contributed by atoms with Crippen LogP contribution in [0.15, 0.2) is 18.2 Å². The van der Waals surface area contributed by atoms with Gasteiger partial charge >= 0.3 is 0 Å². The molecule has 4 heteroatoms. The first kappa shape index (κ1) is 12.5. The van der Waals surface area contributed by atoms with Crippen LogP contribution in [0.25, 0.3) is 11.0 Å². The maximum absolute atomic E-state index is 9.04. The van der Waals surface area contributed by atoms with Crippen LogP contribution in [0.4, 0.5) is 0 Å². The van der Waals surface area contributed by atoms with Gasteiger partial charge in [-0.2, -0.15) is 5.26 Å². The Kier molecular flexibility index (Phi) is 3.20. The van der Waals surface area contributed by atoms with Crippen LogP contribution in [0, 0.1) is 17.2 Å². The zero-order valence-corrected chi connectivity index (χ0v) is 11.7. The summed E-state index contributed by atoms with van der Waals surface area (Å²) in [6.45, 7) is 2.22. The standard InChI is InChI=1S/C15H16ClN3/c1-2-3-11-7-13(11)19-14-6-10(9-17)4-5-12(14)18-15(19)8-16/h4-6,11,13H,2-3,7-8H2,1H3. The lowest BCUT2D eigenvalue weighted by Crippen LogP contribution is -2.01. The van der Waals surface area contributed by atoms with E-state index in [-0.39, 0.29) is 0 Å². The van der Waals surface area contributed by atoms with Crippen LogP contribution in [0.3, 0.4) is 0 Å². The molecule has 2 unspecified atom stereocenters. The van der Waals surface area contributed by atoms with E-state index in [0.29, 0.717) is 17.5 Å². The molecule has 19 heavy (non-hydrogen) atoms. The monoisotopic (exact) mass is 273 g/mol. The van der Waals surface area contributed by atoms with E-state index in [9.17, 15) is 0 Å². The second-order valence-electron chi connectivity index (χ2n) is 5.20. The minimum atomic E-state index is 0.423. The van der Waals surface area contributed by atoms with Crippen LogP contribution in [0.2, 0.25) is 0 Å². The molecule has 0 spiro atoms. The van der Waals surface area contributed by atoms with Gasteiger partial charge in [0.05, 0.1) is 28.5 Å². The van der Waals surface area contributed by atoms with E-state index in [2.05, 4.69) is 22.5 Å². The zero-order valence-electron chi connectivity index (χ0n) is 10.9. The lowest BCUT2D eigenvalue weighted by Gasteiger charge is -2.07. The van der Waals surface area contributed by atoms with Crippen LogP contribution >= 0.6 is 11.6 Å². The summed E-state index contributed by atoms with van der Waals surface area (Å²) in [5.74, 6) is 2.09. The van der Waals surface area contributed by atoms with Crippen LogP contribution in [0.5, 0.6) is 0 Å². The second kappa shape index (κ2) is 4.86.